The Morgan fingerprint density at radius 2 is 2.00 bits per heavy atom. The lowest BCUT2D eigenvalue weighted by molar-refractivity contribution is 0.410. The smallest absolute Gasteiger partial charge is 0.169 e. The average Bonchev–Trinajstić information content (AvgIpc) is 2.32. The van der Waals surface area contributed by atoms with E-state index in [9.17, 15) is 0 Å². The number of hydrogen-bond donors (Lipinski definition) is 0. The van der Waals surface area contributed by atoms with Crippen LogP contribution in [0.3, 0.4) is 0 Å². The Morgan fingerprint density at radius 1 is 1.36 bits per heavy atom. The van der Waals surface area contributed by atoms with Crippen molar-refractivity contribution in [2.24, 2.45) is 0 Å². The molecule has 0 unspecified atom stereocenters. The third kappa shape index (κ3) is 1.40. The molecule has 0 amide bonds. The Labute approximate surface area is 66.2 Å². The molecule has 0 radical (unpaired) electrons. The van der Waals surface area contributed by atoms with E-state index in [0.29, 0.717) is 0 Å². The summed E-state index contributed by atoms with van der Waals surface area (Å²) in [6, 6.07) is 0. The van der Waals surface area contributed by atoms with Crippen molar-refractivity contribution in [2.75, 3.05) is 0 Å². The molecular formula is C9H11NO. The molecule has 11 heavy (non-hydrogen) atoms. The zero-order valence-electron chi connectivity index (χ0n) is 6.85. The van der Waals surface area contributed by atoms with Gasteiger partial charge in [0.1, 0.15) is 0 Å². The molecule has 58 valence electrons. The Bertz CT molecular complexity index is 268. The van der Waals surface area contributed by atoms with E-state index >= 15 is 0 Å². The van der Waals surface area contributed by atoms with Gasteiger partial charge in [0.2, 0.25) is 0 Å². The predicted octanol–water partition coefficient (Wildman–Crippen LogP) is 2.74. The van der Waals surface area contributed by atoms with Gasteiger partial charge in [-0.15, -0.1) is 0 Å². The molecule has 1 rings (SSSR count). The van der Waals surface area contributed by atoms with E-state index in [0.717, 1.165) is 22.5 Å². The maximum atomic E-state index is 4.98. The van der Waals surface area contributed by atoms with Gasteiger partial charge in [0.05, 0.1) is 6.20 Å². The highest BCUT2D eigenvalue weighted by molar-refractivity contribution is 5.72. The van der Waals surface area contributed by atoms with Crippen molar-refractivity contribution < 1.29 is 4.52 Å². The van der Waals surface area contributed by atoms with Gasteiger partial charge in [-0.2, -0.15) is 0 Å². The van der Waals surface area contributed by atoms with Crippen LogP contribution < -0.4 is 0 Å². The predicted molar refractivity (Wildman–Crippen MR) is 45.9 cm³/mol. The largest absolute Gasteiger partial charge is 0.356 e. The molecule has 0 aliphatic carbocycles. The maximum Gasteiger partial charge on any atom is 0.169 e. The minimum absolute atomic E-state index is 0.734. The van der Waals surface area contributed by atoms with E-state index in [1.54, 1.807) is 6.20 Å². The van der Waals surface area contributed by atoms with E-state index in [4.69, 9.17) is 4.52 Å². The molecule has 1 aromatic heterocycles. The lowest BCUT2D eigenvalue weighted by Gasteiger charge is -1.96. The van der Waals surface area contributed by atoms with Crippen LogP contribution in [0.25, 0.3) is 11.1 Å². The minimum atomic E-state index is 0.734. The fraction of sp³-hybridized carbons (Fsp3) is 0.222. The topological polar surface area (TPSA) is 26.0 Å². The van der Waals surface area contributed by atoms with E-state index in [2.05, 4.69) is 18.3 Å². The van der Waals surface area contributed by atoms with Crippen LogP contribution in [0.1, 0.15) is 25.2 Å². The summed E-state index contributed by atoms with van der Waals surface area (Å²) in [5.41, 5.74) is 2.77. The second-order valence-corrected chi connectivity index (χ2v) is 2.63. The Morgan fingerprint density at radius 3 is 2.36 bits per heavy atom. The SMILES string of the molecule is C=C(C)c1cnoc1C(=C)C. The molecule has 2 nitrogen and oxygen atoms in total. The second-order valence-electron chi connectivity index (χ2n) is 2.63. The quantitative estimate of drug-likeness (QED) is 0.646. The molecule has 0 spiro atoms. The summed E-state index contributed by atoms with van der Waals surface area (Å²) in [5, 5.41) is 3.67. The molecule has 0 saturated heterocycles. The minimum Gasteiger partial charge on any atom is -0.356 e. The first kappa shape index (κ1) is 7.79. The monoisotopic (exact) mass is 149 g/mol. The molecule has 1 heterocycles. The van der Waals surface area contributed by atoms with Crippen LogP contribution in [0.4, 0.5) is 0 Å². The van der Waals surface area contributed by atoms with Crippen LogP contribution in [0, 0.1) is 0 Å². The molecule has 0 fully saturated rings. The molecule has 1 aromatic rings. The van der Waals surface area contributed by atoms with Gasteiger partial charge in [0.25, 0.3) is 0 Å². The first-order valence-corrected chi connectivity index (χ1v) is 3.39. The number of hydrogen-bond acceptors (Lipinski definition) is 2. The van der Waals surface area contributed by atoms with Crippen molar-refractivity contribution in [3.8, 4) is 0 Å². The first-order valence-electron chi connectivity index (χ1n) is 3.39. The van der Waals surface area contributed by atoms with E-state index in [1.807, 2.05) is 13.8 Å². The zero-order chi connectivity index (χ0) is 8.43. The van der Waals surface area contributed by atoms with E-state index < -0.39 is 0 Å². The lowest BCUT2D eigenvalue weighted by Crippen LogP contribution is -1.80. The van der Waals surface area contributed by atoms with Crippen molar-refractivity contribution in [2.45, 2.75) is 13.8 Å². The molecule has 0 saturated carbocycles. The van der Waals surface area contributed by atoms with Crippen molar-refractivity contribution in [3.63, 3.8) is 0 Å². The lowest BCUT2D eigenvalue weighted by atomic mass is 10.1. The molecule has 0 atom stereocenters. The van der Waals surface area contributed by atoms with Crippen LogP contribution in [0.2, 0.25) is 0 Å². The van der Waals surface area contributed by atoms with E-state index in [-0.39, 0.29) is 0 Å². The summed E-state index contributed by atoms with van der Waals surface area (Å²) in [6.45, 7) is 11.4. The number of nitrogens with zero attached hydrogens (tertiary/aromatic N) is 1. The second kappa shape index (κ2) is 2.74. The normalized spacial score (nSPS) is 9.64. The van der Waals surface area contributed by atoms with E-state index in [1.165, 1.54) is 0 Å². The first-order chi connectivity index (χ1) is 5.13. The van der Waals surface area contributed by atoms with Gasteiger partial charge in [-0.1, -0.05) is 18.3 Å². The van der Waals surface area contributed by atoms with Crippen LogP contribution in [0.15, 0.2) is 23.9 Å². The van der Waals surface area contributed by atoms with Crippen LogP contribution in [-0.4, -0.2) is 5.16 Å². The summed E-state index contributed by atoms with van der Waals surface area (Å²) in [7, 11) is 0. The highest BCUT2D eigenvalue weighted by Crippen LogP contribution is 2.22. The highest BCUT2D eigenvalue weighted by atomic mass is 16.5. The van der Waals surface area contributed by atoms with Gasteiger partial charge in [-0.3, -0.25) is 0 Å². The third-order valence-corrected chi connectivity index (χ3v) is 1.42. The highest BCUT2D eigenvalue weighted by Gasteiger charge is 2.07. The van der Waals surface area contributed by atoms with Gasteiger partial charge in [0.15, 0.2) is 5.76 Å². The third-order valence-electron chi connectivity index (χ3n) is 1.42. The number of rotatable bonds is 2. The Balaban J connectivity index is 3.16. The van der Waals surface area contributed by atoms with Gasteiger partial charge >= 0.3 is 0 Å². The fourth-order valence-electron chi connectivity index (χ4n) is 0.851. The molecular weight excluding hydrogens is 138 g/mol. The van der Waals surface area contributed by atoms with Crippen molar-refractivity contribution in [1.29, 1.82) is 0 Å². The van der Waals surface area contributed by atoms with Crippen LogP contribution >= 0.6 is 0 Å². The summed E-state index contributed by atoms with van der Waals surface area (Å²) < 4.78 is 4.98. The molecule has 0 N–H and O–H groups in total. The molecule has 2 heteroatoms. The van der Waals surface area contributed by atoms with Crippen molar-refractivity contribution in [3.05, 3.63) is 30.7 Å². The van der Waals surface area contributed by atoms with Gasteiger partial charge in [-0.25, -0.2) is 0 Å². The Kier molecular flexibility index (Phi) is 1.94. The van der Waals surface area contributed by atoms with Crippen LogP contribution in [0.5, 0.6) is 0 Å². The summed E-state index contributed by atoms with van der Waals surface area (Å²) in [6.07, 6.45) is 1.66. The average molecular weight is 149 g/mol. The summed E-state index contributed by atoms with van der Waals surface area (Å²) in [5.74, 6) is 0.734. The standard InChI is InChI=1S/C9H11NO/c1-6(2)8-5-10-11-9(8)7(3)4/h5H,1,3H2,2,4H3. The van der Waals surface area contributed by atoms with Crippen molar-refractivity contribution in [1.82, 2.24) is 5.16 Å². The number of allylic oxidation sites excluding steroid dienone is 2. The van der Waals surface area contributed by atoms with Gasteiger partial charge in [0, 0.05) is 5.56 Å². The summed E-state index contributed by atoms with van der Waals surface area (Å²) in [4.78, 5) is 0. The maximum absolute atomic E-state index is 4.98. The van der Waals surface area contributed by atoms with Gasteiger partial charge < -0.3 is 4.52 Å². The Hall–Kier alpha value is -1.31. The van der Waals surface area contributed by atoms with Gasteiger partial charge in [-0.05, 0) is 25.0 Å². The number of aromatic nitrogens is 1. The molecule has 0 aliphatic heterocycles. The van der Waals surface area contributed by atoms with Crippen LogP contribution in [-0.2, 0) is 0 Å². The molecule has 0 aromatic carbocycles. The zero-order valence-corrected chi connectivity index (χ0v) is 6.85. The molecule has 0 aliphatic rings. The molecule has 0 bridgehead atoms. The fourth-order valence-corrected chi connectivity index (χ4v) is 0.851. The summed E-state index contributed by atoms with van der Waals surface area (Å²) >= 11 is 0. The van der Waals surface area contributed by atoms with Crippen molar-refractivity contribution >= 4 is 11.1 Å².